The summed E-state index contributed by atoms with van der Waals surface area (Å²) < 4.78 is 0. The Labute approximate surface area is 104 Å². The SMILES string of the molecule is Cc1ccc(C(=O)CCN2CCCC2)cc1C. The maximum atomic E-state index is 12.0. The summed E-state index contributed by atoms with van der Waals surface area (Å²) in [5.41, 5.74) is 3.32. The van der Waals surface area contributed by atoms with Crippen molar-refractivity contribution in [2.24, 2.45) is 0 Å². The molecule has 0 N–H and O–H groups in total. The molecule has 0 aliphatic carbocycles. The normalized spacial score (nSPS) is 16.4. The Morgan fingerprint density at radius 1 is 1.18 bits per heavy atom. The Morgan fingerprint density at radius 2 is 1.88 bits per heavy atom. The monoisotopic (exact) mass is 231 g/mol. The first-order chi connectivity index (χ1) is 8.16. The minimum absolute atomic E-state index is 0.278. The number of benzene rings is 1. The van der Waals surface area contributed by atoms with Gasteiger partial charge in [0.1, 0.15) is 0 Å². The van der Waals surface area contributed by atoms with E-state index in [-0.39, 0.29) is 5.78 Å². The second-order valence-corrected chi connectivity index (χ2v) is 5.02. The van der Waals surface area contributed by atoms with Gasteiger partial charge in [-0.25, -0.2) is 0 Å². The summed E-state index contributed by atoms with van der Waals surface area (Å²) in [7, 11) is 0. The van der Waals surface area contributed by atoms with Gasteiger partial charge in [0, 0.05) is 18.5 Å². The molecule has 1 aliphatic heterocycles. The first-order valence-electron chi connectivity index (χ1n) is 6.49. The lowest BCUT2D eigenvalue weighted by molar-refractivity contribution is 0.0969. The number of ketones is 1. The molecule has 2 nitrogen and oxygen atoms in total. The summed E-state index contributed by atoms with van der Waals surface area (Å²) >= 11 is 0. The van der Waals surface area contributed by atoms with E-state index >= 15 is 0 Å². The van der Waals surface area contributed by atoms with Crippen molar-refractivity contribution >= 4 is 5.78 Å². The highest BCUT2D eigenvalue weighted by atomic mass is 16.1. The minimum atomic E-state index is 0.278. The molecule has 2 heteroatoms. The van der Waals surface area contributed by atoms with Crippen LogP contribution in [0.3, 0.4) is 0 Å². The molecule has 0 amide bonds. The van der Waals surface area contributed by atoms with Crippen LogP contribution in [0.15, 0.2) is 18.2 Å². The van der Waals surface area contributed by atoms with E-state index in [2.05, 4.69) is 18.7 Å². The summed E-state index contributed by atoms with van der Waals surface area (Å²) in [4.78, 5) is 14.4. The van der Waals surface area contributed by atoms with Gasteiger partial charge < -0.3 is 4.90 Å². The number of rotatable bonds is 4. The van der Waals surface area contributed by atoms with E-state index in [4.69, 9.17) is 0 Å². The number of Topliss-reactive ketones (excluding diaryl/α,β-unsaturated/α-hetero) is 1. The van der Waals surface area contributed by atoms with Crippen LogP contribution >= 0.6 is 0 Å². The van der Waals surface area contributed by atoms with Gasteiger partial charge in [0.25, 0.3) is 0 Å². The van der Waals surface area contributed by atoms with Gasteiger partial charge in [-0.15, -0.1) is 0 Å². The third-order valence-electron chi connectivity index (χ3n) is 3.68. The number of nitrogens with zero attached hydrogens (tertiary/aromatic N) is 1. The van der Waals surface area contributed by atoms with Gasteiger partial charge in [-0.3, -0.25) is 4.79 Å². The zero-order chi connectivity index (χ0) is 12.3. The Balaban J connectivity index is 1.92. The van der Waals surface area contributed by atoms with Crippen LogP contribution in [-0.4, -0.2) is 30.3 Å². The van der Waals surface area contributed by atoms with Crippen LogP contribution in [-0.2, 0) is 0 Å². The summed E-state index contributed by atoms with van der Waals surface area (Å²) in [5.74, 6) is 0.278. The molecule has 0 radical (unpaired) electrons. The van der Waals surface area contributed by atoms with Crippen LogP contribution < -0.4 is 0 Å². The Bertz CT molecular complexity index is 405. The maximum Gasteiger partial charge on any atom is 0.164 e. The number of hydrogen-bond acceptors (Lipinski definition) is 2. The summed E-state index contributed by atoms with van der Waals surface area (Å²) in [6.07, 6.45) is 3.23. The average Bonchev–Trinajstić information content (AvgIpc) is 2.82. The predicted octanol–water partition coefficient (Wildman–Crippen LogP) is 2.97. The molecule has 1 aromatic carbocycles. The fourth-order valence-corrected chi connectivity index (χ4v) is 2.33. The summed E-state index contributed by atoms with van der Waals surface area (Å²) in [5, 5.41) is 0. The van der Waals surface area contributed by atoms with Gasteiger partial charge in [0.2, 0.25) is 0 Å². The average molecular weight is 231 g/mol. The van der Waals surface area contributed by atoms with Crippen LogP contribution in [0, 0.1) is 13.8 Å². The van der Waals surface area contributed by atoms with Gasteiger partial charge in [-0.1, -0.05) is 12.1 Å². The number of carbonyl (C=O) groups excluding carboxylic acids is 1. The highest BCUT2D eigenvalue weighted by Gasteiger charge is 2.13. The molecule has 0 saturated carbocycles. The number of likely N-dealkylation sites (tertiary alicyclic amines) is 1. The molecule has 1 aromatic rings. The largest absolute Gasteiger partial charge is 0.303 e. The van der Waals surface area contributed by atoms with Crippen molar-refractivity contribution in [3.63, 3.8) is 0 Å². The third-order valence-corrected chi connectivity index (χ3v) is 3.68. The molecule has 1 heterocycles. The van der Waals surface area contributed by atoms with Gasteiger partial charge >= 0.3 is 0 Å². The molecular weight excluding hydrogens is 210 g/mol. The van der Waals surface area contributed by atoms with Gasteiger partial charge in [0.05, 0.1) is 0 Å². The quantitative estimate of drug-likeness (QED) is 0.742. The lowest BCUT2D eigenvalue weighted by Gasteiger charge is -2.13. The smallest absolute Gasteiger partial charge is 0.164 e. The van der Waals surface area contributed by atoms with E-state index in [0.29, 0.717) is 6.42 Å². The van der Waals surface area contributed by atoms with E-state index in [0.717, 1.165) is 12.1 Å². The molecule has 0 unspecified atom stereocenters. The van der Waals surface area contributed by atoms with Crippen molar-refractivity contribution in [1.29, 1.82) is 0 Å². The van der Waals surface area contributed by atoms with E-state index in [1.54, 1.807) is 0 Å². The summed E-state index contributed by atoms with van der Waals surface area (Å²) in [6.45, 7) is 7.40. The third kappa shape index (κ3) is 3.16. The molecule has 1 aliphatic rings. The Kier molecular flexibility index (Phi) is 3.95. The number of carbonyl (C=O) groups is 1. The van der Waals surface area contributed by atoms with Gasteiger partial charge in [0.15, 0.2) is 5.78 Å². The molecule has 1 fully saturated rings. The van der Waals surface area contributed by atoms with Gasteiger partial charge in [-0.05, 0) is 57.0 Å². The van der Waals surface area contributed by atoms with Crippen molar-refractivity contribution in [1.82, 2.24) is 4.90 Å². The molecule has 17 heavy (non-hydrogen) atoms. The highest BCUT2D eigenvalue weighted by Crippen LogP contribution is 2.13. The van der Waals surface area contributed by atoms with Crippen LogP contribution in [0.4, 0.5) is 0 Å². The standard InChI is InChI=1S/C15H21NO/c1-12-5-6-14(11-13(12)2)15(17)7-10-16-8-3-4-9-16/h5-6,11H,3-4,7-10H2,1-2H3. The van der Waals surface area contributed by atoms with Gasteiger partial charge in [-0.2, -0.15) is 0 Å². The highest BCUT2D eigenvalue weighted by molar-refractivity contribution is 5.96. The molecule has 0 atom stereocenters. The Morgan fingerprint density at radius 3 is 2.53 bits per heavy atom. The molecule has 2 rings (SSSR count). The zero-order valence-electron chi connectivity index (χ0n) is 10.8. The predicted molar refractivity (Wildman–Crippen MR) is 70.5 cm³/mol. The lowest BCUT2D eigenvalue weighted by Crippen LogP contribution is -2.22. The lowest BCUT2D eigenvalue weighted by atomic mass is 10.0. The summed E-state index contributed by atoms with van der Waals surface area (Å²) in [6, 6.07) is 6.01. The van der Waals surface area contributed by atoms with Crippen LogP contribution in [0.2, 0.25) is 0 Å². The van der Waals surface area contributed by atoms with E-state index in [9.17, 15) is 4.79 Å². The maximum absolute atomic E-state index is 12.0. The number of aryl methyl sites for hydroxylation is 2. The topological polar surface area (TPSA) is 20.3 Å². The van der Waals surface area contributed by atoms with Crippen molar-refractivity contribution in [2.75, 3.05) is 19.6 Å². The van der Waals surface area contributed by atoms with Crippen molar-refractivity contribution in [3.05, 3.63) is 34.9 Å². The first-order valence-corrected chi connectivity index (χ1v) is 6.49. The molecule has 0 spiro atoms. The number of hydrogen-bond donors (Lipinski definition) is 0. The van der Waals surface area contributed by atoms with Crippen LogP contribution in [0.25, 0.3) is 0 Å². The fourth-order valence-electron chi connectivity index (χ4n) is 2.33. The van der Waals surface area contributed by atoms with Crippen LogP contribution in [0.5, 0.6) is 0 Å². The van der Waals surface area contributed by atoms with E-state index in [1.165, 1.54) is 37.1 Å². The Hall–Kier alpha value is -1.15. The van der Waals surface area contributed by atoms with E-state index < -0.39 is 0 Å². The van der Waals surface area contributed by atoms with Crippen molar-refractivity contribution in [2.45, 2.75) is 33.1 Å². The zero-order valence-corrected chi connectivity index (χ0v) is 10.8. The van der Waals surface area contributed by atoms with Crippen molar-refractivity contribution < 1.29 is 4.79 Å². The minimum Gasteiger partial charge on any atom is -0.303 e. The first kappa shape index (κ1) is 12.3. The van der Waals surface area contributed by atoms with Crippen molar-refractivity contribution in [3.8, 4) is 0 Å². The molecular formula is C15H21NO. The molecule has 1 saturated heterocycles. The second kappa shape index (κ2) is 5.46. The molecule has 0 aromatic heterocycles. The fraction of sp³-hybridized carbons (Fsp3) is 0.533. The van der Waals surface area contributed by atoms with Crippen LogP contribution in [0.1, 0.15) is 40.7 Å². The molecule has 0 bridgehead atoms. The van der Waals surface area contributed by atoms with E-state index in [1.807, 2.05) is 18.2 Å². The second-order valence-electron chi connectivity index (χ2n) is 5.02. The molecule has 92 valence electrons.